The standard InChI is InChI=1S/C22H25N3O2/c1-15(2)8-11-25-20(21(26)24-14-17-6-9-23-10-7-17)13-18-5-4-16(3)12-19(18)22(25)27/h4-7,9-10,12-13,15H,8,11,14H2,1-3H3,(H,24,26). The maximum atomic E-state index is 13.1. The lowest BCUT2D eigenvalue weighted by Crippen LogP contribution is -2.32. The smallest absolute Gasteiger partial charge is 0.268 e. The van der Waals surface area contributed by atoms with E-state index < -0.39 is 0 Å². The minimum atomic E-state index is -0.241. The minimum Gasteiger partial charge on any atom is -0.347 e. The zero-order valence-corrected chi connectivity index (χ0v) is 16.0. The van der Waals surface area contributed by atoms with E-state index in [9.17, 15) is 9.59 Å². The molecule has 5 nitrogen and oxygen atoms in total. The highest BCUT2D eigenvalue weighted by Crippen LogP contribution is 2.16. The molecule has 0 aliphatic rings. The molecule has 0 atom stereocenters. The van der Waals surface area contributed by atoms with Crippen molar-refractivity contribution in [1.29, 1.82) is 0 Å². The monoisotopic (exact) mass is 363 g/mol. The Hall–Kier alpha value is -2.95. The molecule has 1 aromatic carbocycles. The first-order valence-corrected chi connectivity index (χ1v) is 9.27. The van der Waals surface area contributed by atoms with Crippen LogP contribution >= 0.6 is 0 Å². The van der Waals surface area contributed by atoms with Gasteiger partial charge in [-0.3, -0.25) is 14.6 Å². The molecule has 0 fully saturated rings. The quantitative estimate of drug-likeness (QED) is 0.727. The van der Waals surface area contributed by atoms with Crippen molar-refractivity contribution < 1.29 is 4.79 Å². The summed E-state index contributed by atoms with van der Waals surface area (Å²) in [5.41, 5.74) is 2.30. The van der Waals surface area contributed by atoms with Gasteiger partial charge in [0.2, 0.25) is 0 Å². The number of nitrogens with zero attached hydrogens (tertiary/aromatic N) is 2. The summed E-state index contributed by atoms with van der Waals surface area (Å²) >= 11 is 0. The minimum absolute atomic E-state index is 0.106. The maximum Gasteiger partial charge on any atom is 0.268 e. The van der Waals surface area contributed by atoms with Gasteiger partial charge in [0.1, 0.15) is 5.69 Å². The molecule has 0 spiro atoms. The van der Waals surface area contributed by atoms with Crippen molar-refractivity contribution in [3.63, 3.8) is 0 Å². The average molecular weight is 363 g/mol. The van der Waals surface area contributed by atoms with Crippen LogP contribution in [-0.2, 0) is 13.1 Å². The highest BCUT2D eigenvalue weighted by molar-refractivity contribution is 5.96. The number of benzene rings is 1. The largest absolute Gasteiger partial charge is 0.347 e. The highest BCUT2D eigenvalue weighted by Gasteiger charge is 2.16. The van der Waals surface area contributed by atoms with Crippen molar-refractivity contribution in [3.05, 3.63) is 76.0 Å². The van der Waals surface area contributed by atoms with Crippen LogP contribution in [0.3, 0.4) is 0 Å². The molecule has 0 saturated heterocycles. The van der Waals surface area contributed by atoms with Crippen LogP contribution in [0.25, 0.3) is 10.8 Å². The Labute approximate surface area is 159 Å². The third-order valence-corrected chi connectivity index (χ3v) is 4.63. The first kappa shape index (κ1) is 18.8. The Bertz CT molecular complexity index is 1010. The Morgan fingerprint density at radius 2 is 1.89 bits per heavy atom. The first-order valence-electron chi connectivity index (χ1n) is 9.27. The van der Waals surface area contributed by atoms with Crippen molar-refractivity contribution in [2.45, 2.75) is 40.3 Å². The van der Waals surface area contributed by atoms with Gasteiger partial charge in [0, 0.05) is 30.9 Å². The normalized spacial score (nSPS) is 11.1. The Morgan fingerprint density at radius 1 is 1.15 bits per heavy atom. The number of aryl methyl sites for hydroxylation is 1. The summed E-state index contributed by atoms with van der Waals surface area (Å²) in [5, 5.41) is 4.37. The van der Waals surface area contributed by atoms with Gasteiger partial charge in [-0.15, -0.1) is 0 Å². The zero-order chi connectivity index (χ0) is 19.4. The predicted molar refractivity (Wildman–Crippen MR) is 108 cm³/mol. The van der Waals surface area contributed by atoms with Gasteiger partial charge in [-0.2, -0.15) is 0 Å². The first-order chi connectivity index (χ1) is 13.0. The number of nitrogens with one attached hydrogen (secondary N) is 1. The number of fused-ring (bicyclic) bond motifs is 1. The van der Waals surface area contributed by atoms with Crippen molar-refractivity contribution >= 4 is 16.7 Å². The molecule has 0 aliphatic carbocycles. The number of carbonyl (C=O) groups excluding carboxylic acids is 1. The number of hydrogen-bond donors (Lipinski definition) is 1. The molecule has 5 heteroatoms. The van der Waals surface area contributed by atoms with Crippen molar-refractivity contribution in [1.82, 2.24) is 14.9 Å². The summed E-state index contributed by atoms with van der Waals surface area (Å²) in [6, 6.07) is 11.3. The van der Waals surface area contributed by atoms with Crippen molar-refractivity contribution in [3.8, 4) is 0 Å². The van der Waals surface area contributed by atoms with Crippen LogP contribution < -0.4 is 10.9 Å². The second kappa shape index (κ2) is 8.16. The molecular formula is C22H25N3O2. The van der Waals surface area contributed by atoms with Gasteiger partial charge in [0.05, 0.1) is 0 Å². The molecule has 2 heterocycles. The molecule has 0 radical (unpaired) electrons. The summed E-state index contributed by atoms with van der Waals surface area (Å²) in [4.78, 5) is 29.9. The van der Waals surface area contributed by atoms with Crippen LogP contribution in [0.4, 0.5) is 0 Å². The van der Waals surface area contributed by atoms with Crippen LogP contribution in [0.15, 0.2) is 53.6 Å². The molecule has 0 aliphatic heterocycles. The summed E-state index contributed by atoms with van der Waals surface area (Å²) < 4.78 is 1.61. The van der Waals surface area contributed by atoms with Gasteiger partial charge in [-0.1, -0.05) is 31.5 Å². The van der Waals surface area contributed by atoms with Crippen LogP contribution in [0, 0.1) is 12.8 Å². The van der Waals surface area contributed by atoms with Gasteiger partial charge < -0.3 is 9.88 Å². The van der Waals surface area contributed by atoms with Gasteiger partial charge in [-0.25, -0.2) is 0 Å². The zero-order valence-electron chi connectivity index (χ0n) is 16.0. The van der Waals surface area contributed by atoms with Gasteiger partial charge in [0.15, 0.2) is 0 Å². The van der Waals surface area contributed by atoms with E-state index in [0.29, 0.717) is 30.1 Å². The SMILES string of the molecule is Cc1ccc2cc(C(=O)NCc3ccncc3)n(CCC(C)C)c(=O)c2c1. The fourth-order valence-corrected chi connectivity index (χ4v) is 3.03. The Kier molecular flexibility index (Phi) is 5.69. The van der Waals surface area contributed by atoms with Gasteiger partial charge >= 0.3 is 0 Å². The fourth-order valence-electron chi connectivity index (χ4n) is 3.03. The highest BCUT2D eigenvalue weighted by atomic mass is 16.2. The molecule has 3 rings (SSSR count). The summed E-state index contributed by atoms with van der Waals surface area (Å²) in [6.45, 7) is 7.11. The van der Waals surface area contributed by atoms with Gasteiger partial charge in [0.25, 0.3) is 11.5 Å². The maximum absolute atomic E-state index is 13.1. The predicted octanol–water partition coefficient (Wildman–Crippen LogP) is 3.68. The number of pyridine rings is 2. The van der Waals surface area contributed by atoms with E-state index in [0.717, 1.165) is 22.9 Å². The summed E-state index contributed by atoms with van der Waals surface area (Å²) in [5.74, 6) is 0.202. The number of amides is 1. The van der Waals surface area contributed by atoms with Crippen LogP contribution in [-0.4, -0.2) is 15.5 Å². The number of carbonyl (C=O) groups is 1. The van der Waals surface area contributed by atoms with Crippen LogP contribution in [0.2, 0.25) is 0 Å². The molecule has 3 aromatic rings. The lowest BCUT2D eigenvalue weighted by Gasteiger charge is -2.16. The third kappa shape index (κ3) is 4.42. The van der Waals surface area contributed by atoms with E-state index in [-0.39, 0.29) is 11.5 Å². The molecule has 2 aromatic heterocycles. The second-order valence-corrected chi connectivity index (χ2v) is 7.30. The second-order valence-electron chi connectivity index (χ2n) is 7.30. The van der Waals surface area contributed by atoms with Crippen molar-refractivity contribution in [2.75, 3.05) is 0 Å². The molecule has 1 amide bonds. The van der Waals surface area contributed by atoms with Crippen molar-refractivity contribution in [2.24, 2.45) is 5.92 Å². The topological polar surface area (TPSA) is 64.0 Å². The average Bonchev–Trinajstić information content (AvgIpc) is 2.66. The van der Waals surface area contributed by atoms with E-state index >= 15 is 0 Å². The van der Waals surface area contributed by atoms with Crippen LogP contribution in [0.5, 0.6) is 0 Å². The van der Waals surface area contributed by atoms with E-state index in [4.69, 9.17) is 0 Å². The fraction of sp³-hybridized carbons (Fsp3) is 0.318. The molecule has 0 bridgehead atoms. The third-order valence-electron chi connectivity index (χ3n) is 4.63. The molecule has 0 unspecified atom stereocenters. The van der Waals surface area contributed by atoms with E-state index in [1.54, 1.807) is 17.0 Å². The lowest BCUT2D eigenvalue weighted by atomic mass is 10.1. The molecule has 0 saturated carbocycles. The number of aromatic nitrogens is 2. The lowest BCUT2D eigenvalue weighted by molar-refractivity contribution is 0.0940. The molecular weight excluding hydrogens is 338 g/mol. The summed E-state index contributed by atoms with van der Waals surface area (Å²) in [6.07, 6.45) is 4.22. The summed E-state index contributed by atoms with van der Waals surface area (Å²) in [7, 11) is 0. The van der Waals surface area contributed by atoms with Gasteiger partial charge in [-0.05, 0) is 54.5 Å². The van der Waals surface area contributed by atoms with Crippen LogP contribution in [0.1, 0.15) is 41.9 Å². The molecule has 1 N–H and O–H groups in total. The van der Waals surface area contributed by atoms with E-state index in [2.05, 4.69) is 24.1 Å². The number of hydrogen-bond acceptors (Lipinski definition) is 3. The Balaban J connectivity index is 1.98. The van der Waals surface area contributed by atoms with E-state index in [1.165, 1.54) is 0 Å². The molecule has 140 valence electrons. The molecule has 27 heavy (non-hydrogen) atoms. The Morgan fingerprint density at radius 3 is 2.59 bits per heavy atom. The van der Waals surface area contributed by atoms with E-state index in [1.807, 2.05) is 43.3 Å². The number of rotatable bonds is 6.